The van der Waals surface area contributed by atoms with Crippen LogP contribution < -0.4 is 5.32 Å². The van der Waals surface area contributed by atoms with Crippen LogP contribution in [-0.2, 0) is 9.59 Å². The topological polar surface area (TPSA) is 49.4 Å². The van der Waals surface area contributed by atoms with E-state index in [2.05, 4.69) is 5.32 Å². The molecule has 0 bridgehead atoms. The summed E-state index contributed by atoms with van der Waals surface area (Å²) in [4.78, 5) is 25.4. The third kappa shape index (κ3) is 1.88. The Morgan fingerprint density at radius 3 is 2.41 bits per heavy atom. The van der Waals surface area contributed by atoms with Gasteiger partial charge >= 0.3 is 0 Å². The average molecular weight is 236 g/mol. The zero-order chi connectivity index (χ0) is 11.9. The molecule has 3 aliphatic rings. The number of piperidine rings is 2. The Balaban J connectivity index is 1.74. The molecule has 2 amide bonds. The zero-order valence-electron chi connectivity index (χ0n) is 10.2. The van der Waals surface area contributed by atoms with Crippen molar-refractivity contribution in [3.05, 3.63) is 0 Å². The van der Waals surface area contributed by atoms with Crippen LogP contribution in [0.1, 0.15) is 51.4 Å². The van der Waals surface area contributed by atoms with Gasteiger partial charge in [-0.1, -0.05) is 0 Å². The molecule has 1 aliphatic carbocycles. The maximum atomic E-state index is 11.9. The predicted molar refractivity (Wildman–Crippen MR) is 63.3 cm³/mol. The second kappa shape index (κ2) is 4.09. The Bertz CT molecular complexity index is 333. The molecule has 0 aromatic carbocycles. The molecule has 2 heterocycles. The Morgan fingerprint density at radius 1 is 1.12 bits per heavy atom. The van der Waals surface area contributed by atoms with E-state index in [9.17, 15) is 9.59 Å². The molecular weight excluding hydrogens is 216 g/mol. The normalized spacial score (nSPS) is 32.7. The summed E-state index contributed by atoms with van der Waals surface area (Å²) in [6, 6.07) is 0.164. The van der Waals surface area contributed by atoms with Crippen molar-refractivity contribution in [2.24, 2.45) is 0 Å². The number of hydrogen-bond donors (Lipinski definition) is 1. The first-order valence-corrected chi connectivity index (χ1v) is 6.80. The van der Waals surface area contributed by atoms with Crippen molar-refractivity contribution in [1.29, 1.82) is 0 Å². The summed E-state index contributed by atoms with van der Waals surface area (Å²) < 4.78 is 0. The van der Waals surface area contributed by atoms with Gasteiger partial charge in [-0.25, -0.2) is 0 Å². The van der Waals surface area contributed by atoms with E-state index >= 15 is 0 Å². The molecule has 1 atom stereocenters. The Morgan fingerprint density at radius 2 is 1.82 bits per heavy atom. The van der Waals surface area contributed by atoms with Gasteiger partial charge in [0.1, 0.15) is 0 Å². The maximum Gasteiger partial charge on any atom is 0.229 e. The van der Waals surface area contributed by atoms with Gasteiger partial charge in [0.25, 0.3) is 0 Å². The molecule has 0 radical (unpaired) electrons. The highest BCUT2D eigenvalue weighted by molar-refractivity contribution is 5.97. The van der Waals surface area contributed by atoms with Crippen LogP contribution in [0.5, 0.6) is 0 Å². The van der Waals surface area contributed by atoms with E-state index in [1.165, 1.54) is 19.3 Å². The lowest BCUT2D eigenvalue weighted by atomic mass is 9.70. The minimum Gasteiger partial charge on any atom is -0.311 e. The van der Waals surface area contributed by atoms with Crippen LogP contribution in [0.3, 0.4) is 0 Å². The van der Waals surface area contributed by atoms with Crippen molar-refractivity contribution in [3.8, 4) is 0 Å². The molecule has 1 spiro atoms. The molecule has 4 heteroatoms. The molecule has 2 aliphatic heterocycles. The smallest absolute Gasteiger partial charge is 0.229 e. The van der Waals surface area contributed by atoms with Crippen molar-refractivity contribution >= 4 is 11.8 Å². The fourth-order valence-corrected chi connectivity index (χ4v) is 3.51. The fourth-order valence-electron chi connectivity index (χ4n) is 3.51. The molecular formula is C13H20N2O2. The van der Waals surface area contributed by atoms with Crippen LogP contribution in [0.25, 0.3) is 0 Å². The third-order valence-electron chi connectivity index (χ3n) is 4.60. The van der Waals surface area contributed by atoms with Crippen LogP contribution in [-0.4, -0.2) is 34.8 Å². The lowest BCUT2D eigenvalue weighted by Gasteiger charge is -2.50. The number of hydrogen-bond acceptors (Lipinski definition) is 3. The van der Waals surface area contributed by atoms with E-state index in [0.717, 1.165) is 25.8 Å². The number of nitrogens with one attached hydrogen (secondary N) is 1. The van der Waals surface area contributed by atoms with Crippen molar-refractivity contribution < 1.29 is 9.59 Å². The Hall–Kier alpha value is -0.900. The summed E-state index contributed by atoms with van der Waals surface area (Å²) in [7, 11) is 0. The molecule has 2 saturated heterocycles. The predicted octanol–water partition coefficient (Wildman–Crippen LogP) is 1.20. The van der Waals surface area contributed by atoms with Gasteiger partial charge in [-0.3, -0.25) is 14.5 Å². The first-order chi connectivity index (χ1) is 8.20. The molecule has 1 saturated carbocycles. The van der Waals surface area contributed by atoms with Gasteiger partial charge in [-0.15, -0.1) is 0 Å². The molecule has 1 N–H and O–H groups in total. The van der Waals surface area contributed by atoms with E-state index in [1.54, 1.807) is 4.90 Å². The highest BCUT2D eigenvalue weighted by Gasteiger charge is 2.44. The van der Waals surface area contributed by atoms with Gasteiger partial charge in [-0.05, 0) is 45.1 Å². The average Bonchev–Trinajstić information content (AvgIpc) is 2.27. The zero-order valence-corrected chi connectivity index (χ0v) is 10.2. The minimum atomic E-state index is 0.0580. The van der Waals surface area contributed by atoms with Crippen molar-refractivity contribution in [2.45, 2.75) is 62.9 Å². The highest BCUT2D eigenvalue weighted by atomic mass is 16.2. The second-order valence-corrected chi connectivity index (χ2v) is 5.72. The van der Waals surface area contributed by atoms with E-state index < -0.39 is 0 Å². The SMILES string of the molecule is O=C1CCCC(=O)N1C1CCNC2(CCC2)C1. The molecule has 3 rings (SSSR count). The summed E-state index contributed by atoms with van der Waals surface area (Å²) in [6.45, 7) is 0.946. The fraction of sp³-hybridized carbons (Fsp3) is 0.846. The van der Waals surface area contributed by atoms with Gasteiger partial charge < -0.3 is 5.32 Å². The quantitative estimate of drug-likeness (QED) is 0.696. The molecule has 0 aromatic heterocycles. The van der Waals surface area contributed by atoms with Gasteiger partial charge in [-0.2, -0.15) is 0 Å². The number of carbonyl (C=O) groups is 2. The Kier molecular flexibility index (Phi) is 2.69. The molecule has 17 heavy (non-hydrogen) atoms. The molecule has 1 unspecified atom stereocenters. The number of likely N-dealkylation sites (tertiary alicyclic amines) is 1. The third-order valence-corrected chi connectivity index (χ3v) is 4.60. The number of imide groups is 1. The number of nitrogens with zero attached hydrogens (tertiary/aromatic N) is 1. The lowest BCUT2D eigenvalue weighted by molar-refractivity contribution is -0.152. The molecule has 94 valence electrons. The van der Waals surface area contributed by atoms with E-state index in [4.69, 9.17) is 0 Å². The van der Waals surface area contributed by atoms with Crippen LogP contribution in [0.4, 0.5) is 0 Å². The largest absolute Gasteiger partial charge is 0.311 e. The van der Waals surface area contributed by atoms with E-state index in [1.807, 2.05) is 0 Å². The molecule has 0 aromatic rings. The maximum absolute atomic E-state index is 11.9. The number of rotatable bonds is 1. The van der Waals surface area contributed by atoms with Gasteiger partial charge in [0.2, 0.25) is 11.8 Å². The van der Waals surface area contributed by atoms with Crippen LogP contribution in [0.15, 0.2) is 0 Å². The molecule has 3 fully saturated rings. The van der Waals surface area contributed by atoms with Crippen molar-refractivity contribution in [2.75, 3.05) is 6.54 Å². The monoisotopic (exact) mass is 236 g/mol. The van der Waals surface area contributed by atoms with Gasteiger partial charge in [0, 0.05) is 24.4 Å². The first kappa shape index (κ1) is 11.2. The van der Waals surface area contributed by atoms with Crippen LogP contribution >= 0.6 is 0 Å². The standard InChI is InChI=1S/C13H20N2O2/c16-11-3-1-4-12(17)15(11)10-5-8-14-13(9-10)6-2-7-13/h10,14H,1-9H2. The minimum absolute atomic E-state index is 0.0580. The summed E-state index contributed by atoms with van der Waals surface area (Å²) in [5, 5.41) is 3.58. The lowest BCUT2D eigenvalue weighted by Crippen LogP contribution is -2.61. The van der Waals surface area contributed by atoms with Gasteiger partial charge in [0.05, 0.1) is 0 Å². The summed E-state index contributed by atoms with van der Waals surface area (Å²) in [6.07, 6.45) is 7.46. The number of amides is 2. The van der Waals surface area contributed by atoms with Crippen molar-refractivity contribution in [1.82, 2.24) is 10.2 Å². The summed E-state index contributed by atoms with van der Waals surface area (Å²) >= 11 is 0. The van der Waals surface area contributed by atoms with Crippen LogP contribution in [0.2, 0.25) is 0 Å². The molecule has 4 nitrogen and oxygen atoms in total. The first-order valence-electron chi connectivity index (χ1n) is 6.80. The Labute approximate surface area is 102 Å². The van der Waals surface area contributed by atoms with E-state index in [0.29, 0.717) is 12.8 Å². The van der Waals surface area contributed by atoms with Gasteiger partial charge in [0.15, 0.2) is 0 Å². The van der Waals surface area contributed by atoms with Crippen molar-refractivity contribution in [3.63, 3.8) is 0 Å². The number of carbonyl (C=O) groups excluding carboxylic acids is 2. The van der Waals surface area contributed by atoms with E-state index in [-0.39, 0.29) is 23.4 Å². The highest BCUT2D eigenvalue weighted by Crippen LogP contribution is 2.40. The summed E-state index contributed by atoms with van der Waals surface area (Å²) in [5.74, 6) is 0.116. The van der Waals surface area contributed by atoms with Crippen LogP contribution in [0, 0.1) is 0 Å². The summed E-state index contributed by atoms with van der Waals surface area (Å²) in [5.41, 5.74) is 0.251. The second-order valence-electron chi connectivity index (χ2n) is 5.72.